The summed E-state index contributed by atoms with van der Waals surface area (Å²) in [5.74, 6) is -0.634. The molecule has 0 N–H and O–H groups in total. The molecule has 0 bridgehead atoms. The monoisotopic (exact) mass is 296 g/mol. The molecule has 0 radical (unpaired) electrons. The Hall–Kier alpha value is -1.49. The minimum atomic E-state index is -0.380. The minimum absolute atomic E-state index is 0.254. The predicted molar refractivity (Wildman–Crippen MR) is 65.5 cm³/mol. The number of halogens is 2. The van der Waals surface area contributed by atoms with Gasteiger partial charge in [-0.15, -0.1) is 0 Å². The van der Waals surface area contributed by atoms with Gasteiger partial charge in [0.05, 0.1) is 10.7 Å². The van der Waals surface area contributed by atoms with Crippen LogP contribution in [0.3, 0.4) is 0 Å². The lowest BCUT2D eigenvalue weighted by molar-refractivity contribution is 0.102. The Morgan fingerprint density at radius 2 is 2.18 bits per heavy atom. The number of hydrogen-bond donors (Lipinski definition) is 0. The Balaban J connectivity index is 2.48. The third-order valence-corrected chi connectivity index (χ3v) is 3.12. The summed E-state index contributed by atoms with van der Waals surface area (Å²) >= 11 is 3.25. The highest BCUT2D eigenvalue weighted by molar-refractivity contribution is 9.10. The molecular weight excluding hydrogens is 287 g/mol. The van der Waals surface area contributed by atoms with Gasteiger partial charge in [-0.1, -0.05) is 12.1 Å². The van der Waals surface area contributed by atoms with Gasteiger partial charge in [0.25, 0.3) is 0 Å². The number of hydrogen-bond acceptors (Lipinski definition) is 2. The van der Waals surface area contributed by atoms with Gasteiger partial charge in [0.1, 0.15) is 11.5 Å². The van der Waals surface area contributed by atoms with Crippen molar-refractivity contribution in [2.75, 3.05) is 0 Å². The summed E-state index contributed by atoms with van der Waals surface area (Å²) < 4.78 is 15.5. The number of nitrogens with zero attached hydrogens (tertiary/aromatic N) is 2. The number of rotatable bonds is 2. The zero-order chi connectivity index (χ0) is 12.6. The highest BCUT2D eigenvalue weighted by Gasteiger charge is 2.17. The van der Waals surface area contributed by atoms with E-state index in [0.29, 0.717) is 21.3 Å². The van der Waals surface area contributed by atoms with Crippen LogP contribution in [0.1, 0.15) is 21.6 Å². The average molecular weight is 297 g/mol. The highest BCUT2D eigenvalue weighted by atomic mass is 79.9. The van der Waals surface area contributed by atoms with Crippen molar-refractivity contribution in [2.45, 2.75) is 6.92 Å². The predicted octanol–water partition coefficient (Wildman–Crippen LogP) is 2.86. The second kappa shape index (κ2) is 4.41. The minimum Gasteiger partial charge on any atom is -0.287 e. The third kappa shape index (κ3) is 2.15. The van der Waals surface area contributed by atoms with E-state index >= 15 is 0 Å². The van der Waals surface area contributed by atoms with Gasteiger partial charge in [-0.05, 0) is 34.5 Å². The van der Waals surface area contributed by atoms with Crippen molar-refractivity contribution < 1.29 is 9.18 Å². The van der Waals surface area contributed by atoms with Crippen LogP contribution in [0.25, 0.3) is 0 Å². The van der Waals surface area contributed by atoms with Gasteiger partial charge in [-0.2, -0.15) is 5.10 Å². The van der Waals surface area contributed by atoms with Crippen LogP contribution in [-0.2, 0) is 7.05 Å². The van der Waals surface area contributed by atoms with Crippen LogP contribution in [0, 0.1) is 12.7 Å². The van der Waals surface area contributed by atoms with E-state index in [1.807, 2.05) is 0 Å². The number of aromatic nitrogens is 2. The van der Waals surface area contributed by atoms with Crippen LogP contribution in [0.15, 0.2) is 28.9 Å². The van der Waals surface area contributed by atoms with E-state index in [4.69, 9.17) is 0 Å². The smallest absolute Gasteiger partial charge is 0.212 e. The molecule has 0 spiro atoms. The van der Waals surface area contributed by atoms with Crippen LogP contribution in [-0.4, -0.2) is 15.6 Å². The van der Waals surface area contributed by atoms with Gasteiger partial charge < -0.3 is 0 Å². The molecule has 0 amide bonds. The maximum absolute atomic E-state index is 13.4. The molecule has 3 nitrogen and oxygen atoms in total. The molecule has 5 heteroatoms. The molecular formula is C12H10BrFN2O. The van der Waals surface area contributed by atoms with Crippen molar-refractivity contribution >= 4 is 21.7 Å². The van der Waals surface area contributed by atoms with E-state index in [9.17, 15) is 9.18 Å². The summed E-state index contributed by atoms with van der Waals surface area (Å²) in [7, 11) is 1.67. The molecule has 0 atom stereocenters. The maximum Gasteiger partial charge on any atom is 0.212 e. The second-order valence-corrected chi connectivity index (χ2v) is 4.61. The zero-order valence-corrected chi connectivity index (χ0v) is 11.0. The molecule has 1 heterocycles. The fourth-order valence-electron chi connectivity index (χ4n) is 1.54. The lowest BCUT2D eigenvalue weighted by Gasteiger charge is -2.04. The average Bonchev–Trinajstić information content (AvgIpc) is 2.62. The Morgan fingerprint density at radius 1 is 1.47 bits per heavy atom. The first-order valence-corrected chi connectivity index (χ1v) is 5.78. The normalized spacial score (nSPS) is 10.6. The molecule has 0 unspecified atom stereocenters. The largest absolute Gasteiger partial charge is 0.287 e. The quantitative estimate of drug-likeness (QED) is 0.799. The Bertz CT molecular complexity index is 573. The van der Waals surface area contributed by atoms with E-state index in [1.165, 1.54) is 16.9 Å². The summed E-state index contributed by atoms with van der Waals surface area (Å²) in [6.07, 6.45) is 1.54. The molecule has 0 aliphatic rings. The third-order valence-electron chi connectivity index (χ3n) is 2.54. The van der Waals surface area contributed by atoms with Crippen LogP contribution >= 0.6 is 15.9 Å². The molecule has 0 saturated heterocycles. The molecule has 17 heavy (non-hydrogen) atoms. The fraction of sp³-hybridized carbons (Fsp3) is 0.167. The molecule has 1 aromatic heterocycles. The van der Waals surface area contributed by atoms with Crippen molar-refractivity contribution in [3.05, 3.63) is 51.5 Å². The number of carbonyl (C=O) groups is 1. The lowest BCUT2D eigenvalue weighted by Crippen LogP contribution is -2.09. The van der Waals surface area contributed by atoms with Crippen LogP contribution < -0.4 is 0 Å². The number of carbonyl (C=O) groups excluding carboxylic acids is 1. The van der Waals surface area contributed by atoms with Crippen molar-refractivity contribution in [1.29, 1.82) is 0 Å². The Morgan fingerprint density at radius 3 is 2.71 bits per heavy atom. The molecule has 1 aromatic carbocycles. The highest BCUT2D eigenvalue weighted by Crippen LogP contribution is 2.20. The standard InChI is InChI=1S/C12H10BrFN2O/c1-7-3-4-8(5-10(7)14)12(17)11-9(13)6-15-16(11)2/h3-6H,1-2H3. The van der Waals surface area contributed by atoms with Crippen molar-refractivity contribution in [1.82, 2.24) is 9.78 Å². The summed E-state index contributed by atoms with van der Waals surface area (Å²) in [6.45, 7) is 1.66. The van der Waals surface area contributed by atoms with Crippen molar-refractivity contribution in [2.24, 2.45) is 7.05 Å². The van der Waals surface area contributed by atoms with Crippen LogP contribution in [0.2, 0.25) is 0 Å². The lowest BCUT2D eigenvalue weighted by atomic mass is 10.1. The molecule has 0 aliphatic heterocycles. The van der Waals surface area contributed by atoms with Gasteiger partial charge in [0, 0.05) is 12.6 Å². The topological polar surface area (TPSA) is 34.9 Å². The van der Waals surface area contributed by atoms with Crippen LogP contribution in [0.4, 0.5) is 4.39 Å². The summed E-state index contributed by atoms with van der Waals surface area (Å²) in [5, 5.41) is 3.96. The number of ketones is 1. The maximum atomic E-state index is 13.4. The Kier molecular flexibility index (Phi) is 3.11. The molecule has 0 aliphatic carbocycles. The summed E-state index contributed by atoms with van der Waals surface area (Å²) in [6, 6.07) is 4.45. The zero-order valence-electron chi connectivity index (χ0n) is 9.37. The first kappa shape index (κ1) is 12.0. The molecule has 88 valence electrons. The van der Waals surface area contributed by atoms with Gasteiger partial charge in [0.15, 0.2) is 0 Å². The molecule has 2 aromatic rings. The van der Waals surface area contributed by atoms with Gasteiger partial charge in [0.2, 0.25) is 5.78 Å². The number of benzene rings is 1. The fourth-order valence-corrected chi connectivity index (χ4v) is 2.07. The summed E-state index contributed by atoms with van der Waals surface area (Å²) in [4.78, 5) is 12.2. The van der Waals surface area contributed by atoms with Crippen molar-refractivity contribution in [3.8, 4) is 0 Å². The molecule has 0 fully saturated rings. The van der Waals surface area contributed by atoms with Crippen LogP contribution in [0.5, 0.6) is 0 Å². The Labute approximate surface area is 106 Å². The molecule has 2 rings (SSSR count). The van der Waals surface area contributed by atoms with E-state index < -0.39 is 0 Å². The van der Waals surface area contributed by atoms with Gasteiger partial charge in [-0.3, -0.25) is 9.48 Å². The van der Waals surface area contributed by atoms with Crippen molar-refractivity contribution in [3.63, 3.8) is 0 Å². The first-order chi connectivity index (χ1) is 8.00. The van der Waals surface area contributed by atoms with Gasteiger partial charge >= 0.3 is 0 Å². The van der Waals surface area contributed by atoms with E-state index in [1.54, 1.807) is 26.1 Å². The number of aryl methyl sites for hydroxylation is 2. The SMILES string of the molecule is Cc1ccc(C(=O)c2c(Br)cnn2C)cc1F. The molecule has 0 saturated carbocycles. The first-order valence-electron chi connectivity index (χ1n) is 4.99. The van der Waals surface area contributed by atoms with E-state index in [-0.39, 0.29) is 11.6 Å². The van der Waals surface area contributed by atoms with E-state index in [2.05, 4.69) is 21.0 Å². The summed E-state index contributed by atoms with van der Waals surface area (Å²) in [5.41, 5.74) is 1.25. The second-order valence-electron chi connectivity index (χ2n) is 3.76. The van der Waals surface area contributed by atoms with E-state index in [0.717, 1.165) is 0 Å². The van der Waals surface area contributed by atoms with Gasteiger partial charge in [-0.25, -0.2) is 4.39 Å².